The second-order valence-corrected chi connectivity index (χ2v) is 2.69. The second kappa shape index (κ2) is 4.72. The van der Waals surface area contributed by atoms with Gasteiger partial charge in [0, 0.05) is 6.42 Å². The lowest BCUT2D eigenvalue weighted by atomic mass is 10.1. The summed E-state index contributed by atoms with van der Waals surface area (Å²) in [4.78, 5) is 0. The summed E-state index contributed by atoms with van der Waals surface area (Å²) in [6.45, 7) is 1.28. The third-order valence-corrected chi connectivity index (χ3v) is 1.57. The number of alkyl halides is 6. The Morgan fingerprint density at radius 3 is 1.77 bits per heavy atom. The van der Waals surface area contributed by atoms with Crippen molar-refractivity contribution in [3.63, 3.8) is 0 Å². The summed E-state index contributed by atoms with van der Waals surface area (Å²) >= 11 is 0. The first-order valence-corrected chi connectivity index (χ1v) is 3.78. The average molecular weight is 208 g/mol. The SMILES string of the molecule is CCC(F)C(F)C[C@H](F)C(F)(F)F. The van der Waals surface area contributed by atoms with Gasteiger partial charge in [0.2, 0.25) is 0 Å². The van der Waals surface area contributed by atoms with Gasteiger partial charge in [-0.25, -0.2) is 13.2 Å². The van der Waals surface area contributed by atoms with Gasteiger partial charge in [-0.05, 0) is 6.42 Å². The molecule has 0 saturated carbocycles. The van der Waals surface area contributed by atoms with Crippen LogP contribution in [-0.2, 0) is 0 Å². The minimum Gasteiger partial charge on any atom is -0.244 e. The van der Waals surface area contributed by atoms with E-state index >= 15 is 0 Å². The Morgan fingerprint density at radius 2 is 1.46 bits per heavy atom. The Kier molecular flexibility index (Phi) is 4.56. The normalized spacial score (nSPS) is 19.6. The Bertz CT molecular complexity index is 142. The van der Waals surface area contributed by atoms with E-state index in [4.69, 9.17) is 0 Å². The lowest BCUT2D eigenvalue weighted by molar-refractivity contribution is -0.186. The van der Waals surface area contributed by atoms with Crippen molar-refractivity contribution >= 4 is 0 Å². The maximum absolute atomic E-state index is 12.5. The topological polar surface area (TPSA) is 0 Å². The van der Waals surface area contributed by atoms with Gasteiger partial charge < -0.3 is 0 Å². The zero-order chi connectivity index (χ0) is 10.6. The van der Waals surface area contributed by atoms with Crippen molar-refractivity contribution in [1.82, 2.24) is 0 Å². The molecule has 0 aromatic rings. The molecular weight excluding hydrogens is 198 g/mol. The van der Waals surface area contributed by atoms with Crippen molar-refractivity contribution in [2.75, 3.05) is 0 Å². The highest BCUT2D eigenvalue weighted by Crippen LogP contribution is 2.28. The van der Waals surface area contributed by atoms with Gasteiger partial charge in [-0.2, -0.15) is 13.2 Å². The molecule has 0 aliphatic rings. The summed E-state index contributed by atoms with van der Waals surface area (Å²) in [5, 5.41) is 0. The summed E-state index contributed by atoms with van der Waals surface area (Å²) in [6.07, 6.45) is -14.5. The van der Waals surface area contributed by atoms with Gasteiger partial charge in [-0.3, -0.25) is 0 Å². The first-order chi connectivity index (χ1) is 5.79. The van der Waals surface area contributed by atoms with E-state index in [1.807, 2.05) is 0 Å². The highest BCUT2D eigenvalue weighted by molar-refractivity contribution is 4.75. The molecule has 0 rings (SSSR count). The van der Waals surface area contributed by atoms with Crippen LogP contribution in [0, 0.1) is 0 Å². The molecule has 0 fully saturated rings. The monoisotopic (exact) mass is 208 g/mol. The molecule has 0 aliphatic heterocycles. The summed E-state index contributed by atoms with van der Waals surface area (Å²) < 4.78 is 71.5. The Hall–Kier alpha value is -0.420. The van der Waals surface area contributed by atoms with Crippen molar-refractivity contribution < 1.29 is 26.3 Å². The van der Waals surface area contributed by atoms with E-state index in [0.29, 0.717) is 0 Å². The van der Waals surface area contributed by atoms with Gasteiger partial charge in [0.05, 0.1) is 0 Å². The molecule has 2 unspecified atom stereocenters. The molecular formula is C7H10F6. The Balaban J connectivity index is 3.98. The van der Waals surface area contributed by atoms with Crippen molar-refractivity contribution in [2.45, 2.75) is 44.5 Å². The van der Waals surface area contributed by atoms with Crippen molar-refractivity contribution in [1.29, 1.82) is 0 Å². The molecule has 80 valence electrons. The van der Waals surface area contributed by atoms with Crippen LogP contribution in [0.3, 0.4) is 0 Å². The fourth-order valence-electron chi connectivity index (χ4n) is 0.735. The third kappa shape index (κ3) is 4.38. The maximum Gasteiger partial charge on any atom is 0.419 e. The maximum atomic E-state index is 12.5. The minimum atomic E-state index is -5.10. The molecule has 0 N–H and O–H groups in total. The fraction of sp³-hybridized carbons (Fsp3) is 1.00. The molecule has 0 heterocycles. The lowest BCUT2D eigenvalue weighted by Crippen LogP contribution is -2.30. The van der Waals surface area contributed by atoms with Crippen LogP contribution in [-0.4, -0.2) is 24.7 Å². The van der Waals surface area contributed by atoms with Crippen molar-refractivity contribution in [2.24, 2.45) is 0 Å². The summed E-state index contributed by atoms with van der Waals surface area (Å²) in [6, 6.07) is 0. The van der Waals surface area contributed by atoms with E-state index in [1.165, 1.54) is 6.92 Å². The molecule has 3 atom stereocenters. The summed E-state index contributed by atoms with van der Waals surface area (Å²) in [5.74, 6) is 0. The first-order valence-electron chi connectivity index (χ1n) is 3.78. The molecule has 0 saturated heterocycles. The van der Waals surface area contributed by atoms with E-state index in [2.05, 4.69) is 0 Å². The molecule has 0 spiro atoms. The lowest BCUT2D eigenvalue weighted by Gasteiger charge is -2.16. The van der Waals surface area contributed by atoms with Crippen LogP contribution in [0.5, 0.6) is 0 Å². The molecule has 0 aromatic carbocycles. The number of hydrogen-bond acceptors (Lipinski definition) is 0. The quantitative estimate of drug-likeness (QED) is 0.621. The van der Waals surface area contributed by atoms with Gasteiger partial charge in [-0.15, -0.1) is 0 Å². The van der Waals surface area contributed by atoms with Crippen LogP contribution in [0.4, 0.5) is 26.3 Å². The smallest absolute Gasteiger partial charge is 0.244 e. The van der Waals surface area contributed by atoms with Gasteiger partial charge >= 0.3 is 6.18 Å². The third-order valence-electron chi connectivity index (χ3n) is 1.57. The number of hydrogen-bond donors (Lipinski definition) is 0. The fourth-order valence-corrected chi connectivity index (χ4v) is 0.735. The first kappa shape index (κ1) is 12.6. The van der Waals surface area contributed by atoms with E-state index in [-0.39, 0.29) is 6.42 Å². The van der Waals surface area contributed by atoms with Gasteiger partial charge in [0.15, 0.2) is 6.17 Å². The highest BCUT2D eigenvalue weighted by atomic mass is 19.4. The van der Waals surface area contributed by atoms with Crippen LogP contribution in [0.25, 0.3) is 0 Å². The molecule has 13 heavy (non-hydrogen) atoms. The van der Waals surface area contributed by atoms with Crippen molar-refractivity contribution in [3.05, 3.63) is 0 Å². The average Bonchev–Trinajstić information content (AvgIpc) is 2.01. The molecule has 0 radical (unpaired) electrons. The summed E-state index contributed by atoms with van der Waals surface area (Å²) in [7, 11) is 0. The van der Waals surface area contributed by atoms with Gasteiger partial charge in [0.25, 0.3) is 0 Å². The zero-order valence-electron chi connectivity index (χ0n) is 6.91. The molecule has 0 bridgehead atoms. The second-order valence-electron chi connectivity index (χ2n) is 2.69. The molecule has 6 heteroatoms. The van der Waals surface area contributed by atoms with E-state index in [1.54, 1.807) is 0 Å². The van der Waals surface area contributed by atoms with Crippen LogP contribution in [0.1, 0.15) is 19.8 Å². The van der Waals surface area contributed by atoms with Crippen LogP contribution >= 0.6 is 0 Å². The standard InChI is InChI=1S/C7H10F6/c1-2-4(8)5(9)3-6(10)7(11,12)13/h4-6H,2-3H2,1H3/t4?,5?,6-/m0/s1. The predicted octanol–water partition coefficient (Wildman–Crippen LogP) is 3.36. The van der Waals surface area contributed by atoms with Gasteiger partial charge in [0.1, 0.15) is 12.3 Å². The van der Waals surface area contributed by atoms with E-state index < -0.39 is 31.1 Å². The zero-order valence-corrected chi connectivity index (χ0v) is 6.91. The molecule has 0 nitrogen and oxygen atoms in total. The van der Waals surface area contributed by atoms with E-state index in [0.717, 1.165) is 0 Å². The Labute approximate surface area is 71.9 Å². The number of halogens is 6. The minimum absolute atomic E-state index is 0.258. The molecule has 0 aromatic heterocycles. The van der Waals surface area contributed by atoms with Gasteiger partial charge in [-0.1, -0.05) is 6.92 Å². The van der Waals surface area contributed by atoms with E-state index in [9.17, 15) is 26.3 Å². The largest absolute Gasteiger partial charge is 0.419 e. The summed E-state index contributed by atoms with van der Waals surface area (Å²) in [5.41, 5.74) is 0. The van der Waals surface area contributed by atoms with Crippen molar-refractivity contribution in [3.8, 4) is 0 Å². The predicted molar refractivity (Wildman–Crippen MR) is 35.7 cm³/mol. The highest BCUT2D eigenvalue weighted by Gasteiger charge is 2.42. The number of rotatable bonds is 4. The molecule has 0 aliphatic carbocycles. The Morgan fingerprint density at radius 1 is 1.00 bits per heavy atom. The van der Waals surface area contributed by atoms with Crippen LogP contribution in [0.2, 0.25) is 0 Å². The van der Waals surface area contributed by atoms with Crippen LogP contribution in [0.15, 0.2) is 0 Å². The van der Waals surface area contributed by atoms with Crippen LogP contribution < -0.4 is 0 Å². The molecule has 0 amide bonds.